The van der Waals surface area contributed by atoms with Gasteiger partial charge in [0.1, 0.15) is 0 Å². The van der Waals surface area contributed by atoms with E-state index in [1.807, 2.05) is 0 Å². The number of amides is 3. The second-order valence-electron chi connectivity index (χ2n) is 4.02. The number of nitrogens with one attached hydrogen (secondary N) is 1. The predicted molar refractivity (Wildman–Crippen MR) is 64.8 cm³/mol. The summed E-state index contributed by atoms with van der Waals surface area (Å²) in [5.74, 6) is 5.76. The summed E-state index contributed by atoms with van der Waals surface area (Å²) >= 11 is 0. The summed E-state index contributed by atoms with van der Waals surface area (Å²) < 4.78 is 1.66. The molecule has 3 N–H and O–H groups in total. The Morgan fingerprint density at radius 1 is 1.50 bits per heavy atom. The number of carbonyl (C=O) groups excluding carboxylic acids is 2. The smallest absolute Gasteiger partial charge is 0.270 e. The second kappa shape index (κ2) is 4.22. The fourth-order valence-corrected chi connectivity index (χ4v) is 2.04. The van der Waals surface area contributed by atoms with Crippen LogP contribution >= 0.6 is 0 Å². The molecule has 8 heteroatoms. The van der Waals surface area contributed by atoms with E-state index >= 15 is 0 Å². The molecule has 2 heterocycles. The first-order valence-corrected chi connectivity index (χ1v) is 5.37. The molecule has 2 aliphatic rings. The number of imide groups is 1. The Hall–Kier alpha value is -2.22. The van der Waals surface area contributed by atoms with E-state index in [-0.39, 0.29) is 5.91 Å². The van der Waals surface area contributed by atoms with Crippen LogP contribution in [0.4, 0.5) is 4.79 Å². The highest BCUT2D eigenvalue weighted by Crippen LogP contribution is 2.17. The van der Waals surface area contributed by atoms with Gasteiger partial charge in [-0.2, -0.15) is 5.84 Å². The third-order valence-corrected chi connectivity index (χ3v) is 2.99. The number of guanidine groups is 1. The highest BCUT2D eigenvalue weighted by molar-refractivity contribution is 6.22. The van der Waals surface area contributed by atoms with Crippen molar-refractivity contribution in [2.45, 2.75) is 6.04 Å². The standard InChI is InChI=1S/C10H14N6O2/c1-4-5-16-6-7(12-9(16)13-11)14(2)10(18)15(3)8(6)17/h4,6H,1,5,11H2,2-3H3/p+1. The van der Waals surface area contributed by atoms with Gasteiger partial charge in [-0.05, 0) is 0 Å². The van der Waals surface area contributed by atoms with Crippen molar-refractivity contribution in [1.82, 2.24) is 15.2 Å². The van der Waals surface area contributed by atoms with Crippen LogP contribution in [0, 0.1) is 0 Å². The van der Waals surface area contributed by atoms with Crippen molar-refractivity contribution < 1.29 is 14.2 Å². The Balaban J connectivity index is 2.47. The van der Waals surface area contributed by atoms with Gasteiger partial charge < -0.3 is 0 Å². The molecule has 2 aliphatic heterocycles. The molecular weight excluding hydrogens is 236 g/mol. The number of likely N-dealkylation sites (N-methyl/N-ethyl adjacent to an activating group) is 2. The van der Waals surface area contributed by atoms with E-state index in [1.165, 1.54) is 11.9 Å². The molecule has 0 aromatic rings. The SMILES string of the molecule is C=CC[N+]1=C(NN)N=C2C1C(=O)N(C)C(=O)N2C. The minimum Gasteiger partial charge on any atom is -0.270 e. The molecule has 0 saturated carbocycles. The molecule has 8 nitrogen and oxygen atoms in total. The predicted octanol–water partition coefficient (Wildman–Crippen LogP) is -1.69. The number of fused-ring (bicyclic) bond motifs is 1. The minimum absolute atomic E-state index is 0.330. The lowest BCUT2D eigenvalue weighted by Gasteiger charge is -2.31. The number of urea groups is 1. The average Bonchev–Trinajstić information content (AvgIpc) is 2.73. The van der Waals surface area contributed by atoms with Gasteiger partial charge in [0, 0.05) is 14.1 Å². The summed E-state index contributed by atoms with van der Waals surface area (Å²) in [4.78, 5) is 30.5. The van der Waals surface area contributed by atoms with E-state index in [2.05, 4.69) is 17.0 Å². The molecule has 3 amide bonds. The van der Waals surface area contributed by atoms with Crippen LogP contribution in [0.15, 0.2) is 17.6 Å². The lowest BCUT2D eigenvalue weighted by Crippen LogP contribution is -2.61. The molecule has 0 aromatic carbocycles. The molecule has 96 valence electrons. The van der Waals surface area contributed by atoms with Gasteiger partial charge in [0.2, 0.25) is 11.9 Å². The molecule has 1 fully saturated rings. The summed E-state index contributed by atoms with van der Waals surface area (Å²) in [7, 11) is 3.01. The topological polar surface area (TPSA) is 94.0 Å². The largest absolute Gasteiger partial charge is 0.407 e. The Morgan fingerprint density at radius 3 is 2.72 bits per heavy atom. The number of aliphatic imine (C=N–C) groups is 1. The van der Waals surface area contributed by atoms with Crippen LogP contribution < -0.4 is 11.3 Å². The van der Waals surface area contributed by atoms with Gasteiger partial charge in [0.15, 0.2) is 0 Å². The van der Waals surface area contributed by atoms with E-state index in [4.69, 9.17) is 5.84 Å². The Morgan fingerprint density at radius 2 is 2.17 bits per heavy atom. The van der Waals surface area contributed by atoms with Gasteiger partial charge in [-0.25, -0.2) is 14.8 Å². The Kier molecular flexibility index (Phi) is 2.87. The first-order valence-electron chi connectivity index (χ1n) is 5.37. The van der Waals surface area contributed by atoms with Crippen molar-refractivity contribution in [3.05, 3.63) is 12.7 Å². The number of nitrogens with two attached hydrogens (primary N) is 1. The van der Waals surface area contributed by atoms with Gasteiger partial charge in [0.05, 0.1) is 6.54 Å². The highest BCUT2D eigenvalue weighted by atomic mass is 16.2. The first-order chi connectivity index (χ1) is 8.52. The number of carbonyl (C=O) groups is 2. The van der Waals surface area contributed by atoms with Gasteiger partial charge in [-0.3, -0.25) is 14.6 Å². The lowest BCUT2D eigenvalue weighted by molar-refractivity contribution is -0.527. The molecule has 1 unspecified atom stereocenters. The molecular formula is C10H15N6O2+. The number of hydrogen-bond donors (Lipinski definition) is 2. The maximum absolute atomic E-state index is 12.1. The van der Waals surface area contributed by atoms with Crippen LogP contribution in [0.2, 0.25) is 0 Å². The molecule has 0 aromatic heterocycles. The molecule has 0 radical (unpaired) electrons. The van der Waals surface area contributed by atoms with Crippen LogP contribution in [-0.4, -0.2) is 64.8 Å². The summed E-state index contributed by atoms with van der Waals surface area (Å²) in [5, 5.41) is 0. The second-order valence-corrected chi connectivity index (χ2v) is 4.02. The number of rotatable bonds is 2. The van der Waals surface area contributed by atoms with Crippen molar-refractivity contribution in [3.8, 4) is 0 Å². The number of nitrogens with zero attached hydrogens (tertiary/aromatic N) is 4. The van der Waals surface area contributed by atoms with Gasteiger partial charge in [-0.1, -0.05) is 17.6 Å². The zero-order valence-corrected chi connectivity index (χ0v) is 10.3. The van der Waals surface area contributed by atoms with Crippen molar-refractivity contribution in [3.63, 3.8) is 0 Å². The van der Waals surface area contributed by atoms with Crippen LogP contribution in [-0.2, 0) is 4.79 Å². The zero-order valence-electron chi connectivity index (χ0n) is 10.3. The van der Waals surface area contributed by atoms with E-state index in [0.29, 0.717) is 18.3 Å². The monoisotopic (exact) mass is 251 g/mol. The van der Waals surface area contributed by atoms with Crippen molar-refractivity contribution in [1.29, 1.82) is 0 Å². The number of hydrazine groups is 1. The number of amidine groups is 1. The average molecular weight is 251 g/mol. The van der Waals surface area contributed by atoms with Gasteiger partial charge in [0.25, 0.3) is 5.91 Å². The molecule has 2 rings (SSSR count). The molecule has 1 saturated heterocycles. The summed E-state index contributed by atoms with van der Waals surface area (Å²) in [6.45, 7) is 4.03. The van der Waals surface area contributed by atoms with E-state index in [1.54, 1.807) is 17.7 Å². The van der Waals surface area contributed by atoms with Gasteiger partial charge in [-0.15, -0.1) is 0 Å². The highest BCUT2D eigenvalue weighted by Gasteiger charge is 2.50. The summed E-state index contributed by atoms with van der Waals surface area (Å²) in [6.07, 6.45) is 1.64. The van der Waals surface area contributed by atoms with Crippen LogP contribution in [0.5, 0.6) is 0 Å². The van der Waals surface area contributed by atoms with Crippen LogP contribution in [0.1, 0.15) is 0 Å². The quantitative estimate of drug-likeness (QED) is 0.265. The fourth-order valence-electron chi connectivity index (χ4n) is 2.04. The molecule has 0 spiro atoms. The third-order valence-electron chi connectivity index (χ3n) is 2.99. The van der Waals surface area contributed by atoms with E-state index in [9.17, 15) is 9.59 Å². The molecule has 0 bridgehead atoms. The first kappa shape index (κ1) is 12.2. The van der Waals surface area contributed by atoms with E-state index in [0.717, 1.165) is 4.90 Å². The normalized spacial score (nSPS) is 23.3. The Labute approximate surface area is 104 Å². The van der Waals surface area contributed by atoms with Crippen molar-refractivity contribution >= 4 is 23.7 Å². The summed E-state index contributed by atoms with van der Waals surface area (Å²) in [5.41, 5.74) is 2.42. The van der Waals surface area contributed by atoms with Crippen LogP contribution in [0.25, 0.3) is 0 Å². The van der Waals surface area contributed by atoms with Crippen molar-refractivity contribution in [2.24, 2.45) is 10.8 Å². The van der Waals surface area contributed by atoms with Gasteiger partial charge >= 0.3 is 12.0 Å². The Bertz CT molecular complexity index is 495. The van der Waals surface area contributed by atoms with Crippen LogP contribution in [0.3, 0.4) is 0 Å². The van der Waals surface area contributed by atoms with Crippen molar-refractivity contribution in [2.75, 3.05) is 20.6 Å². The molecule has 0 aliphatic carbocycles. The zero-order chi connectivity index (χ0) is 13.4. The lowest BCUT2D eigenvalue weighted by atomic mass is 10.1. The minimum atomic E-state index is -0.637. The summed E-state index contributed by atoms with van der Waals surface area (Å²) in [6, 6.07) is -1.05. The number of hydrogen-bond acceptors (Lipinski definition) is 5. The molecule has 1 atom stereocenters. The molecule has 18 heavy (non-hydrogen) atoms. The third kappa shape index (κ3) is 1.50. The fraction of sp³-hybridized carbons (Fsp3) is 0.400. The van der Waals surface area contributed by atoms with E-state index < -0.39 is 12.1 Å². The maximum Gasteiger partial charge on any atom is 0.407 e. The maximum atomic E-state index is 12.1.